The van der Waals surface area contributed by atoms with Gasteiger partial charge in [0.15, 0.2) is 11.5 Å². The molecule has 0 spiro atoms. The van der Waals surface area contributed by atoms with Crippen molar-refractivity contribution in [3.63, 3.8) is 0 Å². The van der Waals surface area contributed by atoms with E-state index in [0.29, 0.717) is 42.3 Å². The van der Waals surface area contributed by atoms with Gasteiger partial charge in [0.1, 0.15) is 0 Å². The molecule has 4 rings (SSSR count). The fraction of sp³-hybridized carbons (Fsp3) is 0.296. The van der Waals surface area contributed by atoms with Crippen molar-refractivity contribution < 1.29 is 19.0 Å². The van der Waals surface area contributed by atoms with Crippen molar-refractivity contribution in [2.45, 2.75) is 32.4 Å². The Labute approximate surface area is 204 Å². The molecule has 1 aromatic heterocycles. The summed E-state index contributed by atoms with van der Waals surface area (Å²) in [6.07, 6.45) is 4.72. The lowest BCUT2D eigenvalue weighted by Crippen LogP contribution is -2.26. The predicted molar refractivity (Wildman–Crippen MR) is 134 cm³/mol. The average Bonchev–Trinajstić information content (AvgIpc) is 3.10. The number of rotatable bonds is 7. The van der Waals surface area contributed by atoms with Gasteiger partial charge in [0.2, 0.25) is 17.1 Å². The molecule has 1 aliphatic carbocycles. The number of nitrogens with zero attached hydrogens (tertiary/aromatic N) is 1. The van der Waals surface area contributed by atoms with Crippen LogP contribution in [-0.4, -0.2) is 32.2 Å². The zero-order chi connectivity index (χ0) is 24.9. The minimum absolute atomic E-state index is 0.164. The van der Waals surface area contributed by atoms with Crippen LogP contribution in [0.2, 0.25) is 0 Å². The van der Waals surface area contributed by atoms with Gasteiger partial charge in [-0.15, -0.1) is 0 Å². The SMILES string of the molecule is COc1cc2c(c(OC)c1OC)-c1ccc(NCc3cccnc3)c(=O)cc1[C@H](NC(C)=O)CC2. The van der Waals surface area contributed by atoms with Crippen LogP contribution in [0.15, 0.2) is 53.6 Å². The molecular formula is C27H29N3O5. The number of aryl methyl sites for hydroxylation is 1. The fourth-order valence-corrected chi connectivity index (χ4v) is 4.55. The largest absolute Gasteiger partial charge is 0.493 e. The molecule has 8 nitrogen and oxygen atoms in total. The van der Waals surface area contributed by atoms with Gasteiger partial charge in [0.05, 0.1) is 33.1 Å². The molecule has 0 saturated carbocycles. The molecule has 2 N–H and O–H groups in total. The molecule has 3 aromatic rings. The van der Waals surface area contributed by atoms with Crippen molar-refractivity contribution in [1.29, 1.82) is 0 Å². The van der Waals surface area contributed by atoms with Crippen molar-refractivity contribution in [2.24, 2.45) is 0 Å². The summed E-state index contributed by atoms with van der Waals surface area (Å²) >= 11 is 0. The third-order valence-corrected chi connectivity index (χ3v) is 6.12. The molecule has 182 valence electrons. The highest BCUT2D eigenvalue weighted by atomic mass is 16.5. The van der Waals surface area contributed by atoms with Crippen molar-refractivity contribution >= 4 is 11.6 Å². The third kappa shape index (κ3) is 4.91. The van der Waals surface area contributed by atoms with Gasteiger partial charge < -0.3 is 24.8 Å². The van der Waals surface area contributed by atoms with Crippen LogP contribution in [0.25, 0.3) is 11.1 Å². The Bertz CT molecular complexity index is 1290. The highest BCUT2D eigenvalue weighted by Crippen LogP contribution is 2.50. The van der Waals surface area contributed by atoms with E-state index in [0.717, 1.165) is 27.8 Å². The molecule has 0 unspecified atom stereocenters. The second-order valence-electron chi connectivity index (χ2n) is 8.31. The predicted octanol–water partition coefficient (Wildman–Crippen LogP) is 3.87. The highest BCUT2D eigenvalue weighted by molar-refractivity contribution is 5.83. The summed E-state index contributed by atoms with van der Waals surface area (Å²) in [7, 11) is 4.72. The Kier molecular flexibility index (Phi) is 7.19. The number of carbonyl (C=O) groups is 1. The highest BCUT2D eigenvalue weighted by Gasteiger charge is 2.29. The van der Waals surface area contributed by atoms with Crippen LogP contribution >= 0.6 is 0 Å². The Balaban J connectivity index is 1.91. The van der Waals surface area contributed by atoms with Gasteiger partial charge in [-0.25, -0.2) is 0 Å². The maximum absolute atomic E-state index is 13.3. The van der Waals surface area contributed by atoms with Gasteiger partial charge in [-0.05, 0) is 59.4 Å². The molecule has 1 amide bonds. The number of amides is 1. The van der Waals surface area contributed by atoms with Gasteiger partial charge in [0, 0.05) is 31.4 Å². The van der Waals surface area contributed by atoms with Crippen LogP contribution in [-0.2, 0) is 17.8 Å². The van der Waals surface area contributed by atoms with Gasteiger partial charge in [-0.1, -0.05) is 12.1 Å². The number of fused-ring (bicyclic) bond motifs is 3. The van der Waals surface area contributed by atoms with E-state index in [1.54, 1.807) is 45.9 Å². The number of anilines is 1. The Morgan fingerprint density at radius 1 is 1.09 bits per heavy atom. The first-order chi connectivity index (χ1) is 17.0. The number of benzene rings is 1. The maximum atomic E-state index is 13.3. The first-order valence-corrected chi connectivity index (χ1v) is 11.4. The van der Waals surface area contributed by atoms with Crippen LogP contribution in [0.3, 0.4) is 0 Å². The lowest BCUT2D eigenvalue weighted by atomic mass is 9.95. The van der Waals surface area contributed by atoms with E-state index >= 15 is 0 Å². The second-order valence-corrected chi connectivity index (χ2v) is 8.31. The monoisotopic (exact) mass is 475 g/mol. The van der Waals surface area contributed by atoms with Gasteiger partial charge >= 0.3 is 0 Å². The topological polar surface area (TPSA) is 98.8 Å². The number of hydrogen-bond donors (Lipinski definition) is 2. The van der Waals surface area contributed by atoms with Gasteiger partial charge in [0.25, 0.3) is 0 Å². The van der Waals surface area contributed by atoms with E-state index in [-0.39, 0.29) is 17.4 Å². The third-order valence-electron chi connectivity index (χ3n) is 6.12. The molecule has 0 saturated heterocycles. The number of pyridine rings is 1. The summed E-state index contributed by atoms with van der Waals surface area (Å²) in [6.45, 7) is 1.93. The number of methoxy groups -OCH3 is 3. The standard InChI is InChI=1S/C27H29N3O5/c1-16(31)30-21-9-7-18-12-24(33-2)26(34-3)27(35-4)25(18)19-8-10-22(23(32)13-20(19)21)29-15-17-6-5-11-28-14-17/h5-6,8,10-14,21H,7,9,15H2,1-4H3,(H,29,32)(H,30,31)/t21-/m1/s1. The van der Waals surface area contributed by atoms with Gasteiger partial charge in [-0.2, -0.15) is 0 Å². The number of aromatic nitrogens is 1. The van der Waals surface area contributed by atoms with Crippen LogP contribution in [0, 0.1) is 0 Å². The Hall–Kier alpha value is -4.07. The molecule has 1 aliphatic rings. The van der Waals surface area contributed by atoms with E-state index in [2.05, 4.69) is 15.6 Å². The molecule has 0 aliphatic heterocycles. The summed E-state index contributed by atoms with van der Waals surface area (Å²) < 4.78 is 17.0. The normalized spacial score (nSPS) is 14.1. The molecule has 1 heterocycles. The van der Waals surface area contributed by atoms with Crippen molar-refractivity contribution in [2.75, 3.05) is 26.6 Å². The van der Waals surface area contributed by atoms with Crippen LogP contribution in [0.4, 0.5) is 5.69 Å². The zero-order valence-electron chi connectivity index (χ0n) is 20.3. The quantitative estimate of drug-likeness (QED) is 0.535. The summed E-state index contributed by atoms with van der Waals surface area (Å²) in [5.41, 5.74) is 4.56. The van der Waals surface area contributed by atoms with E-state index in [1.807, 2.05) is 24.3 Å². The number of ether oxygens (including phenoxy) is 3. The summed E-state index contributed by atoms with van der Waals surface area (Å²) in [4.78, 5) is 29.5. The summed E-state index contributed by atoms with van der Waals surface area (Å²) in [6, 6.07) is 10.7. The molecule has 2 aromatic carbocycles. The lowest BCUT2D eigenvalue weighted by molar-refractivity contribution is -0.119. The number of carbonyl (C=O) groups excluding carboxylic acids is 1. The maximum Gasteiger partial charge on any atom is 0.217 e. The van der Waals surface area contributed by atoms with Gasteiger partial charge in [-0.3, -0.25) is 14.6 Å². The Morgan fingerprint density at radius 3 is 2.54 bits per heavy atom. The van der Waals surface area contributed by atoms with E-state index in [9.17, 15) is 9.59 Å². The molecule has 1 atom stereocenters. The van der Waals surface area contributed by atoms with Crippen molar-refractivity contribution in [3.05, 3.63) is 75.7 Å². The van der Waals surface area contributed by atoms with Crippen molar-refractivity contribution in [3.8, 4) is 28.4 Å². The fourth-order valence-electron chi connectivity index (χ4n) is 4.55. The molecule has 0 radical (unpaired) electrons. The summed E-state index contributed by atoms with van der Waals surface area (Å²) in [5.74, 6) is 1.39. The Morgan fingerprint density at radius 2 is 1.89 bits per heavy atom. The van der Waals surface area contributed by atoms with E-state index < -0.39 is 0 Å². The first kappa shape index (κ1) is 24.1. The molecule has 0 fully saturated rings. The van der Waals surface area contributed by atoms with Crippen molar-refractivity contribution in [1.82, 2.24) is 10.3 Å². The van der Waals surface area contributed by atoms with Crippen LogP contribution in [0.5, 0.6) is 17.2 Å². The first-order valence-electron chi connectivity index (χ1n) is 11.4. The zero-order valence-corrected chi connectivity index (χ0v) is 20.3. The molecule has 0 bridgehead atoms. The minimum atomic E-state index is -0.345. The van der Waals surface area contributed by atoms with Crippen LogP contribution < -0.4 is 30.3 Å². The molecule has 35 heavy (non-hydrogen) atoms. The lowest BCUT2D eigenvalue weighted by Gasteiger charge is -2.19. The van der Waals surface area contributed by atoms with E-state index in [4.69, 9.17) is 14.2 Å². The summed E-state index contributed by atoms with van der Waals surface area (Å²) in [5, 5.41) is 6.24. The van der Waals surface area contributed by atoms with E-state index in [1.165, 1.54) is 6.92 Å². The number of nitrogens with one attached hydrogen (secondary N) is 2. The smallest absolute Gasteiger partial charge is 0.217 e. The second kappa shape index (κ2) is 10.5. The molecular weight excluding hydrogens is 446 g/mol. The number of hydrogen-bond acceptors (Lipinski definition) is 7. The minimum Gasteiger partial charge on any atom is -0.493 e. The van der Waals surface area contributed by atoms with Crippen LogP contribution in [0.1, 0.15) is 36.1 Å². The average molecular weight is 476 g/mol. The molecule has 8 heteroatoms.